The summed E-state index contributed by atoms with van der Waals surface area (Å²) in [5.41, 5.74) is 1.50. The Morgan fingerprint density at radius 1 is 0.875 bits per heavy atom. The maximum absolute atomic E-state index is 12.4. The van der Waals surface area contributed by atoms with Crippen LogP contribution in [0.4, 0.5) is 0 Å². The van der Waals surface area contributed by atoms with Crippen LogP contribution in [0.3, 0.4) is 0 Å². The highest BCUT2D eigenvalue weighted by Gasteiger charge is 2.50. The fourth-order valence-corrected chi connectivity index (χ4v) is 3.29. The van der Waals surface area contributed by atoms with Crippen molar-refractivity contribution in [2.24, 2.45) is 0 Å². The van der Waals surface area contributed by atoms with E-state index in [0.29, 0.717) is 5.78 Å². The molecule has 0 amide bonds. The summed E-state index contributed by atoms with van der Waals surface area (Å²) in [4.78, 5) is 12.4. The molecule has 16 heavy (non-hydrogen) atoms. The van der Waals surface area contributed by atoms with Gasteiger partial charge in [0.1, 0.15) is 0 Å². The van der Waals surface area contributed by atoms with Gasteiger partial charge < -0.3 is 0 Å². The summed E-state index contributed by atoms with van der Waals surface area (Å²) in [7, 11) is 0. The molecule has 1 nitrogen and oxygen atoms in total. The van der Waals surface area contributed by atoms with Crippen LogP contribution in [0.2, 0.25) is 0 Å². The Labute approximate surface area is 113 Å². The van der Waals surface area contributed by atoms with Crippen molar-refractivity contribution in [1.82, 2.24) is 0 Å². The molecule has 1 aliphatic carbocycles. The summed E-state index contributed by atoms with van der Waals surface area (Å²) in [5.74, 6) is 0.292. The van der Waals surface area contributed by atoms with E-state index in [2.05, 4.69) is 44.0 Å². The van der Waals surface area contributed by atoms with Gasteiger partial charge in [-0.05, 0) is 82.8 Å². The Bertz CT molecular complexity index is 444. The quantitative estimate of drug-likeness (QED) is 0.683. The molecule has 0 fully saturated rings. The van der Waals surface area contributed by atoms with Crippen LogP contribution in [0, 0.1) is 0 Å². The highest BCUT2D eigenvalue weighted by atomic mass is 79.9. The Morgan fingerprint density at radius 3 is 1.50 bits per heavy atom. The van der Waals surface area contributed by atoms with Gasteiger partial charge >= 0.3 is 0 Å². The van der Waals surface area contributed by atoms with E-state index in [1.807, 2.05) is 27.7 Å². The molecular weight excluding hydrogens is 332 g/mol. The van der Waals surface area contributed by atoms with Crippen LogP contribution in [0.5, 0.6) is 0 Å². The van der Waals surface area contributed by atoms with Crippen molar-refractivity contribution < 1.29 is 4.79 Å². The number of rotatable bonds is 0. The highest BCUT2D eigenvalue weighted by molar-refractivity contribution is 9.13. The van der Waals surface area contributed by atoms with Gasteiger partial charge in [0.2, 0.25) is 0 Å². The van der Waals surface area contributed by atoms with Crippen molar-refractivity contribution in [2.75, 3.05) is 0 Å². The smallest absolute Gasteiger partial charge is 0.152 e. The van der Waals surface area contributed by atoms with E-state index in [-0.39, 0.29) is 10.8 Å². The van der Waals surface area contributed by atoms with E-state index >= 15 is 0 Å². The fraction of sp³-hybridized carbons (Fsp3) is 0.462. The van der Waals surface area contributed by atoms with Crippen LogP contribution in [-0.2, 0) is 15.6 Å². The van der Waals surface area contributed by atoms with E-state index in [0.717, 1.165) is 20.1 Å². The zero-order valence-corrected chi connectivity index (χ0v) is 13.0. The van der Waals surface area contributed by atoms with Gasteiger partial charge in [-0.1, -0.05) is 0 Å². The van der Waals surface area contributed by atoms with Crippen LogP contribution in [0.25, 0.3) is 0 Å². The number of Topliss-reactive ketones (excluding diaryl/α,β-unsaturated/α-hetero) is 1. The van der Waals surface area contributed by atoms with E-state index in [1.54, 1.807) is 0 Å². The molecule has 3 heteroatoms. The lowest BCUT2D eigenvalue weighted by atomic mass is 9.80. The molecule has 0 saturated carbocycles. The van der Waals surface area contributed by atoms with Gasteiger partial charge in [0, 0.05) is 19.8 Å². The van der Waals surface area contributed by atoms with Crippen LogP contribution >= 0.6 is 31.9 Å². The molecule has 2 rings (SSSR count). The molecule has 0 bridgehead atoms. The van der Waals surface area contributed by atoms with Gasteiger partial charge in [-0.15, -0.1) is 0 Å². The van der Waals surface area contributed by atoms with Gasteiger partial charge in [0.05, 0.1) is 0 Å². The first-order valence-corrected chi connectivity index (χ1v) is 6.82. The lowest BCUT2D eigenvalue weighted by Crippen LogP contribution is -2.33. The van der Waals surface area contributed by atoms with Gasteiger partial charge in [-0.25, -0.2) is 0 Å². The number of benzene rings is 1. The predicted molar refractivity (Wildman–Crippen MR) is 72.9 cm³/mol. The third kappa shape index (κ3) is 1.44. The average molecular weight is 346 g/mol. The van der Waals surface area contributed by atoms with E-state index in [1.165, 1.54) is 0 Å². The van der Waals surface area contributed by atoms with Crippen molar-refractivity contribution >= 4 is 37.6 Å². The lowest BCUT2D eigenvalue weighted by molar-refractivity contribution is -0.126. The first-order chi connectivity index (χ1) is 7.19. The third-order valence-corrected chi connectivity index (χ3v) is 5.39. The zero-order chi connectivity index (χ0) is 12.3. The van der Waals surface area contributed by atoms with Crippen molar-refractivity contribution in [3.63, 3.8) is 0 Å². The molecule has 0 unspecified atom stereocenters. The first-order valence-electron chi connectivity index (χ1n) is 5.24. The molecular formula is C13H14Br2O. The van der Waals surface area contributed by atoms with Gasteiger partial charge in [-0.2, -0.15) is 0 Å². The summed E-state index contributed by atoms with van der Waals surface area (Å²) in [6, 6.07) is 4.12. The van der Waals surface area contributed by atoms with E-state index in [4.69, 9.17) is 0 Å². The summed E-state index contributed by atoms with van der Waals surface area (Å²) in [6.07, 6.45) is 0. The van der Waals surface area contributed by atoms with Gasteiger partial charge in [0.15, 0.2) is 5.78 Å². The summed E-state index contributed by atoms with van der Waals surface area (Å²) >= 11 is 7.00. The van der Waals surface area contributed by atoms with E-state index < -0.39 is 0 Å². The second kappa shape index (κ2) is 3.42. The molecule has 0 atom stereocenters. The van der Waals surface area contributed by atoms with Crippen molar-refractivity contribution in [2.45, 2.75) is 38.5 Å². The number of carbonyl (C=O) groups is 1. The Kier molecular flexibility index (Phi) is 2.63. The molecule has 0 saturated heterocycles. The van der Waals surface area contributed by atoms with E-state index in [9.17, 15) is 4.79 Å². The second-order valence-electron chi connectivity index (χ2n) is 5.39. The molecule has 0 radical (unpaired) electrons. The second-order valence-corrected chi connectivity index (χ2v) is 7.10. The lowest BCUT2D eigenvalue weighted by Gasteiger charge is -2.21. The van der Waals surface area contributed by atoms with Crippen molar-refractivity contribution in [3.8, 4) is 0 Å². The van der Waals surface area contributed by atoms with Gasteiger partial charge in [0.25, 0.3) is 0 Å². The minimum atomic E-state index is -0.387. The normalized spacial score (nSPS) is 21.0. The Balaban J connectivity index is 2.81. The highest BCUT2D eigenvalue weighted by Crippen LogP contribution is 2.48. The van der Waals surface area contributed by atoms with Crippen LogP contribution < -0.4 is 0 Å². The minimum absolute atomic E-state index is 0.292. The molecule has 0 heterocycles. The Morgan fingerprint density at radius 2 is 1.19 bits per heavy atom. The van der Waals surface area contributed by atoms with Crippen LogP contribution in [0.15, 0.2) is 21.1 Å². The molecule has 0 aromatic heterocycles. The zero-order valence-electron chi connectivity index (χ0n) is 9.82. The standard InChI is InChI=1S/C13H14Br2O/c1-12(2)7-5-9(14)10(15)6-8(7)13(3,4)11(12)16/h5-6H,1-4H3. The SMILES string of the molecule is CC1(C)C(=O)C(C)(C)c2cc(Br)c(Br)cc21. The number of hydrogen-bond acceptors (Lipinski definition) is 1. The molecule has 1 aromatic carbocycles. The maximum atomic E-state index is 12.4. The molecule has 1 aromatic rings. The van der Waals surface area contributed by atoms with Crippen molar-refractivity contribution in [1.29, 1.82) is 0 Å². The monoisotopic (exact) mass is 344 g/mol. The number of ketones is 1. The number of fused-ring (bicyclic) bond motifs is 1. The van der Waals surface area contributed by atoms with Crippen LogP contribution in [-0.4, -0.2) is 5.78 Å². The summed E-state index contributed by atoms with van der Waals surface area (Å²) < 4.78 is 2.01. The van der Waals surface area contributed by atoms with Crippen LogP contribution in [0.1, 0.15) is 38.8 Å². The van der Waals surface area contributed by atoms with Crippen molar-refractivity contribution in [3.05, 3.63) is 32.2 Å². The average Bonchev–Trinajstić information content (AvgIpc) is 2.29. The molecule has 86 valence electrons. The predicted octanol–water partition coefficient (Wildman–Crippen LogP) is 4.35. The number of halogens is 2. The third-order valence-electron chi connectivity index (χ3n) is 3.54. The molecule has 0 aliphatic heterocycles. The molecule has 0 spiro atoms. The number of carbonyl (C=O) groups excluding carboxylic acids is 1. The first kappa shape index (κ1) is 12.3. The minimum Gasteiger partial charge on any atom is -0.298 e. The topological polar surface area (TPSA) is 17.1 Å². The number of hydrogen-bond donors (Lipinski definition) is 0. The molecule has 0 N–H and O–H groups in total. The van der Waals surface area contributed by atoms with Gasteiger partial charge in [-0.3, -0.25) is 4.79 Å². The largest absolute Gasteiger partial charge is 0.298 e. The summed E-state index contributed by atoms with van der Waals surface area (Å²) in [6.45, 7) is 8.01. The Hall–Kier alpha value is -0.150. The molecule has 1 aliphatic rings. The summed E-state index contributed by atoms with van der Waals surface area (Å²) in [5, 5.41) is 0. The fourth-order valence-electron chi connectivity index (χ4n) is 2.61. The maximum Gasteiger partial charge on any atom is 0.152 e.